The van der Waals surface area contributed by atoms with Gasteiger partial charge in [0, 0.05) is 21.7 Å². The highest BCUT2D eigenvalue weighted by molar-refractivity contribution is 6.36. The monoisotopic (exact) mass is 323 g/mol. The molecular weight excluding hydrogens is 319 g/mol. The van der Waals surface area contributed by atoms with Crippen molar-refractivity contribution in [3.63, 3.8) is 0 Å². The van der Waals surface area contributed by atoms with E-state index >= 15 is 0 Å². The van der Waals surface area contributed by atoms with E-state index in [0.29, 0.717) is 5.02 Å². The van der Waals surface area contributed by atoms with E-state index in [9.17, 15) is 13.2 Å². The summed E-state index contributed by atoms with van der Waals surface area (Å²) in [5.74, 6) is 0. The maximum atomic E-state index is 13.0. The molecule has 0 heterocycles. The fourth-order valence-electron chi connectivity index (χ4n) is 1.68. The van der Waals surface area contributed by atoms with E-state index in [0.717, 1.165) is 0 Å². The van der Waals surface area contributed by atoms with E-state index in [-0.39, 0.29) is 16.1 Å². The molecule has 0 spiro atoms. The molecule has 0 aliphatic rings. The molecule has 6 heteroatoms. The van der Waals surface area contributed by atoms with E-state index in [2.05, 4.69) is 6.07 Å². The Morgan fingerprint density at radius 2 is 1.63 bits per heavy atom. The molecular formula is C13H5Cl3F3. The lowest BCUT2D eigenvalue weighted by Gasteiger charge is -2.15. The average molecular weight is 325 g/mol. The normalized spacial score (nSPS) is 11.7. The van der Waals surface area contributed by atoms with Crippen LogP contribution < -0.4 is 0 Å². The van der Waals surface area contributed by atoms with Crippen LogP contribution in [-0.2, 0) is 6.18 Å². The Bertz CT molecular complexity index is 621. The van der Waals surface area contributed by atoms with Crippen LogP contribution in [0.2, 0.25) is 15.1 Å². The number of alkyl halides is 3. The molecule has 0 nitrogen and oxygen atoms in total. The summed E-state index contributed by atoms with van der Waals surface area (Å²) in [6, 6.07) is 9.17. The van der Waals surface area contributed by atoms with E-state index in [1.54, 1.807) is 0 Å². The standard InChI is InChI=1S/C13H5Cl3F3/c14-7-4-5-8(11(16)6-7)9-2-1-3-10(15)12(9)13(17,18)19/h1-2,4-6H. The second-order valence-electron chi connectivity index (χ2n) is 3.70. The van der Waals surface area contributed by atoms with E-state index < -0.39 is 16.8 Å². The molecule has 0 saturated carbocycles. The van der Waals surface area contributed by atoms with Crippen LogP contribution in [0.5, 0.6) is 0 Å². The molecule has 2 aromatic rings. The molecule has 0 bridgehead atoms. The zero-order chi connectivity index (χ0) is 14.2. The van der Waals surface area contributed by atoms with Crippen LogP contribution in [-0.4, -0.2) is 0 Å². The zero-order valence-corrected chi connectivity index (χ0v) is 11.4. The summed E-state index contributed by atoms with van der Waals surface area (Å²) in [7, 11) is 0. The van der Waals surface area contributed by atoms with Gasteiger partial charge in [-0.1, -0.05) is 53.0 Å². The molecule has 0 aliphatic heterocycles. The Balaban J connectivity index is 2.73. The predicted octanol–water partition coefficient (Wildman–Crippen LogP) is 6.13. The highest BCUT2D eigenvalue weighted by atomic mass is 35.5. The van der Waals surface area contributed by atoms with Crippen LogP contribution >= 0.6 is 34.8 Å². The van der Waals surface area contributed by atoms with Gasteiger partial charge < -0.3 is 0 Å². The van der Waals surface area contributed by atoms with Gasteiger partial charge in [0.05, 0.1) is 10.6 Å². The SMILES string of the molecule is FC(F)(F)c1c(Cl)[c]ccc1-c1ccc(Cl)cc1Cl. The first kappa shape index (κ1) is 14.5. The van der Waals surface area contributed by atoms with E-state index in [1.807, 2.05) is 0 Å². The second kappa shape index (κ2) is 5.23. The summed E-state index contributed by atoms with van der Waals surface area (Å²) >= 11 is 17.3. The van der Waals surface area contributed by atoms with Gasteiger partial charge in [0.15, 0.2) is 0 Å². The van der Waals surface area contributed by atoms with Crippen LogP contribution in [0.4, 0.5) is 13.2 Å². The molecule has 2 aromatic carbocycles. The number of halogens is 6. The van der Waals surface area contributed by atoms with Crippen molar-refractivity contribution < 1.29 is 13.2 Å². The van der Waals surface area contributed by atoms with Gasteiger partial charge in [-0.15, -0.1) is 0 Å². The number of benzene rings is 2. The van der Waals surface area contributed by atoms with E-state index in [1.165, 1.54) is 30.3 Å². The fraction of sp³-hybridized carbons (Fsp3) is 0.0769. The van der Waals surface area contributed by atoms with Crippen molar-refractivity contribution in [1.29, 1.82) is 0 Å². The van der Waals surface area contributed by atoms with Crippen LogP contribution in [0.25, 0.3) is 11.1 Å². The summed E-state index contributed by atoms with van der Waals surface area (Å²) in [5.41, 5.74) is -0.840. The highest BCUT2D eigenvalue weighted by Crippen LogP contribution is 2.43. The lowest BCUT2D eigenvalue weighted by molar-refractivity contribution is -0.137. The Hall–Kier alpha value is -0.900. The molecule has 0 saturated heterocycles. The van der Waals surface area contributed by atoms with Crippen molar-refractivity contribution in [1.82, 2.24) is 0 Å². The quantitative estimate of drug-likeness (QED) is 0.591. The number of hydrogen-bond donors (Lipinski definition) is 0. The predicted molar refractivity (Wildman–Crippen MR) is 70.7 cm³/mol. The Morgan fingerprint density at radius 1 is 0.947 bits per heavy atom. The molecule has 1 radical (unpaired) electrons. The topological polar surface area (TPSA) is 0 Å². The van der Waals surface area contributed by atoms with Crippen molar-refractivity contribution in [2.45, 2.75) is 6.18 Å². The van der Waals surface area contributed by atoms with Gasteiger partial charge in [-0.05, 0) is 17.7 Å². The second-order valence-corrected chi connectivity index (χ2v) is 4.92. The van der Waals surface area contributed by atoms with Gasteiger partial charge in [0.2, 0.25) is 0 Å². The lowest BCUT2D eigenvalue weighted by atomic mass is 9.99. The summed E-state index contributed by atoms with van der Waals surface area (Å²) in [4.78, 5) is 0. The van der Waals surface area contributed by atoms with Crippen molar-refractivity contribution in [2.24, 2.45) is 0 Å². The van der Waals surface area contributed by atoms with Crippen LogP contribution in [0.1, 0.15) is 5.56 Å². The van der Waals surface area contributed by atoms with Gasteiger partial charge in [-0.3, -0.25) is 0 Å². The third-order valence-corrected chi connectivity index (χ3v) is 3.30. The minimum atomic E-state index is -4.59. The van der Waals surface area contributed by atoms with Crippen LogP contribution in [0, 0.1) is 6.07 Å². The van der Waals surface area contributed by atoms with Gasteiger partial charge in [-0.2, -0.15) is 13.2 Å². The fourth-order valence-corrected chi connectivity index (χ4v) is 2.46. The Morgan fingerprint density at radius 3 is 2.21 bits per heavy atom. The van der Waals surface area contributed by atoms with Crippen molar-refractivity contribution in [3.8, 4) is 11.1 Å². The molecule has 0 aliphatic carbocycles. The van der Waals surface area contributed by atoms with Gasteiger partial charge in [0.1, 0.15) is 0 Å². The average Bonchev–Trinajstić information content (AvgIpc) is 2.26. The summed E-state index contributed by atoms with van der Waals surface area (Å²) < 4.78 is 39.1. The van der Waals surface area contributed by atoms with Gasteiger partial charge in [0.25, 0.3) is 0 Å². The molecule has 0 atom stereocenters. The van der Waals surface area contributed by atoms with Gasteiger partial charge in [-0.25, -0.2) is 0 Å². The summed E-state index contributed by atoms with van der Waals surface area (Å²) in [5, 5.41) is -0.0211. The summed E-state index contributed by atoms with van der Waals surface area (Å²) in [6.07, 6.45) is -4.59. The molecule has 99 valence electrons. The molecule has 0 aromatic heterocycles. The largest absolute Gasteiger partial charge is 0.418 e. The van der Waals surface area contributed by atoms with Crippen LogP contribution in [0.15, 0.2) is 30.3 Å². The van der Waals surface area contributed by atoms with Crippen molar-refractivity contribution >= 4 is 34.8 Å². The van der Waals surface area contributed by atoms with Crippen molar-refractivity contribution in [2.75, 3.05) is 0 Å². The zero-order valence-electron chi connectivity index (χ0n) is 9.15. The third-order valence-electron chi connectivity index (χ3n) is 2.45. The van der Waals surface area contributed by atoms with Crippen LogP contribution in [0.3, 0.4) is 0 Å². The highest BCUT2D eigenvalue weighted by Gasteiger charge is 2.36. The first-order chi connectivity index (χ1) is 8.80. The molecule has 2 rings (SSSR count). The first-order valence-electron chi connectivity index (χ1n) is 5.03. The number of hydrogen-bond acceptors (Lipinski definition) is 0. The first-order valence-corrected chi connectivity index (χ1v) is 6.17. The van der Waals surface area contributed by atoms with Crippen molar-refractivity contribution in [3.05, 3.63) is 57.0 Å². The third kappa shape index (κ3) is 2.99. The maximum Gasteiger partial charge on any atom is 0.418 e. The molecule has 0 fully saturated rings. The Labute approximate surface area is 122 Å². The lowest BCUT2D eigenvalue weighted by Crippen LogP contribution is -2.08. The maximum absolute atomic E-state index is 13.0. The smallest absolute Gasteiger partial charge is 0.166 e. The minimum absolute atomic E-state index is 0.0992. The Kier molecular flexibility index (Phi) is 4.00. The molecule has 0 amide bonds. The molecule has 19 heavy (non-hydrogen) atoms. The minimum Gasteiger partial charge on any atom is -0.166 e. The number of rotatable bonds is 1. The molecule has 0 N–H and O–H groups in total. The van der Waals surface area contributed by atoms with E-state index in [4.69, 9.17) is 34.8 Å². The van der Waals surface area contributed by atoms with Gasteiger partial charge >= 0.3 is 6.18 Å². The summed E-state index contributed by atoms with van der Waals surface area (Å²) in [6.45, 7) is 0. The molecule has 0 unspecified atom stereocenters.